The average Bonchev–Trinajstić information content (AvgIpc) is 2.77. The van der Waals surface area contributed by atoms with Gasteiger partial charge in [-0.05, 0) is 61.3 Å². The standard InChI is InChI=1S/C28H39N3O3S/c1-20-16-21(2)27(22(3)17-20)35(33,34)31(25-10-8-7-9-11-25)19-26(32)30-29-18-23-12-14-24(15-13-23)28(4,5)6/h12-18,25H,7-11,19H2,1-6H3,(H,30,32)/b29-18+. The third-order valence-corrected chi connectivity index (χ3v) is 8.84. The molecule has 3 rings (SSSR count). The summed E-state index contributed by atoms with van der Waals surface area (Å²) in [6.45, 7) is 11.8. The van der Waals surface area contributed by atoms with Crippen LogP contribution in [0.3, 0.4) is 0 Å². The van der Waals surface area contributed by atoms with Crippen molar-refractivity contribution in [3.05, 3.63) is 64.2 Å². The molecule has 1 saturated carbocycles. The molecular formula is C28H39N3O3S. The second-order valence-corrected chi connectivity index (χ2v) is 12.6. The van der Waals surface area contributed by atoms with E-state index < -0.39 is 15.9 Å². The molecule has 0 saturated heterocycles. The van der Waals surface area contributed by atoms with Gasteiger partial charge < -0.3 is 0 Å². The van der Waals surface area contributed by atoms with Gasteiger partial charge in [-0.25, -0.2) is 13.8 Å². The van der Waals surface area contributed by atoms with Crippen LogP contribution < -0.4 is 5.43 Å². The Morgan fingerprint density at radius 2 is 1.60 bits per heavy atom. The first-order valence-corrected chi connectivity index (χ1v) is 13.9. The van der Waals surface area contributed by atoms with Crippen LogP contribution in [0.4, 0.5) is 0 Å². The van der Waals surface area contributed by atoms with Crippen molar-refractivity contribution in [3.8, 4) is 0 Å². The second kappa shape index (κ2) is 11.0. The summed E-state index contributed by atoms with van der Waals surface area (Å²) in [5.74, 6) is -0.441. The number of sulfonamides is 1. The minimum absolute atomic E-state index is 0.0616. The summed E-state index contributed by atoms with van der Waals surface area (Å²) in [6.07, 6.45) is 6.13. The molecular weight excluding hydrogens is 458 g/mol. The summed E-state index contributed by atoms with van der Waals surface area (Å²) >= 11 is 0. The number of aryl methyl sites for hydroxylation is 3. The van der Waals surface area contributed by atoms with Gasteiger partial charge in [-0.1, -0.05) is 82.0 Å². The maximum Gasteiger partial charge on any atom is 0.255 e. The number of hydrogen-bond acceptors (Lipinski definition) is 4. The molecule has 2 aromatic rings. The Morgan fingerprint density at radius 3 is 2.14 bits per heavy atom. The number of nitrogens with zero attached hydrogens (tertiary/aromatic N) is 2. The molecule has 7 heteroatoms. The molecule has 0 aliphatic heterocycles. The van der Waals surface area contributed by atoms with Gasteiger partial charge in [0.15, 0.2) is 0 Å². The molecule has 0 spiro atoms. The highest BCUT2D eigenvalue weighted by atomic mass is 32.2. The molecule has 1 N–H and O–H groups in total. The fourth-order valence-corrected chi connectivity index (χ4v) is 6.95. The Hall–Kier alpha value is -2.51. The van der Waals surface area contributed by atoms with E-state index in [4.69, 9.17) is 0 Å². The largest absolute Gasteiger partial charge is 0.272 e. The quantitative estimate of drug-likeness (QED) is 0.412. The van der Waals surface area contributed by atoms with Crippen molar-refractivity contribution in [3.63, 3.8) is 0 Å². The van der Waals surface area contributed by atoms with E-state index in [0.29, 0.717) is 16.0 Å². The van der Waals surface area contributed by atoms with Gasteiger partial charge >= 0.3 is 0 Å². The Bertz CT molecular complexity index is 1150. The zero-order valence-corrected chi connectivity index (χ0v) is 22.7. The highest BCUT2D eigenvalue weighted by Crippen LogP contribution is 2.31. The van der Waals surface area contributed by atoms with Gasteiger partial charge in [0, 0.05) is 6.04 Å². The predicted molar refractivity (Wildman–Crippen MR) is 142 cm³/mol. The van der Waals surface area contributed by atoms with Crippen molar-refractivity contribution < 1.29 is 13.2 Å². The molecule has 1 amide bonds. The summed E-state index contributed by atoms with van der Waals surface area (Å²) in [5.41, 5.74) is 7.11. The minimum atomic E-state index is -3.85. The SMILES string of the molecule is Cc1cc(C)c(S(=O)(=O)N(CC(=O)N/N=C/c2ccc(C(C)(C)C)cc2)C2CCCCC2)c(C)c1. The smallest absolute Gasteiger partial charge is 0.255 e. The molecule has 1 aliphatic rings. The van der Waals surface area contributed by atoms with Crippen molar-refractivity contribution >= 4 is 22.1 Å². The first-order chi connectivity index (χ1) is 16.4. The van der Waals surface area contributed by atoms with E-state index in [0.717, 1.165) is 43.2 Å². The van der Waals surface area contributed by atoms with E-state index in [-0.39, 0.29) is 18.0 Å². The van der Waals surface area contributed by atoms with Gasteiger partial charge in [0.05, 0.1) is 17.7 Å². The van der Waals surface area contributed by atoms with Gasteiger partial charge in [0.2, 0.25) is 10.0 Å². The lowest BCUT2D eigenvalue weighted by atomic mass is 9.87. The number of carbonyl (C=O) groups is 1. The first kappa shape index (κ1) is 27.1. The zero-order chi connectivity index (χ0) is 25.8. The van der Waals surface area contributed by atoms with Gasteiger partial charge in [-0.3, -0.25) is 4.79 Å². The number of amides is 1. The van der Waals surface area contributed by atoms with Crippen LogP contribution in [-0.4, -0.2) is 37.4 Å². The molecule has 190 valence electrons. The number of benzene rings is 2. The minimum Gasteiger partial charge on any atom is -0.272 e. The van der Waals surface area contributed by atoms with Crippen molar-refractivity contribution in [2.24, 2.45) is 5.10 Å². The second-order valence-electron chi connectivity index (χ2n) is 10.7. The molecule has 0 heterocycles. The lowest BCUT2D eigenvalue weighted by Crippen LogP contribution is -2.46. The summed E-state index contributed by atoms with van der Waals surface area (Å²) in [6, 6.07) is 11.6. The van der Waals surface area contributed by atoms with Crippen molar-refractivity contribution in [1.82, 2.24) is 9.73 Å². The highest BCUT2D eigenvalue weighted by Gasteiger charge is 2.35. The van der Waals surface area contributed by atoms with Gasteiger partial charge in [0.1, 0.15) is 0 Å². The average molecular weight is 498 g/mol. The molecule has 0 radical (unpaired) electrons. The van der Waals surface area contributed by atoms with E-state index in [2.05, 4.69) is 31.3 Å². The van der Waals surface area contributed by atoms with E-state index in [9.17, 15) is 13.2 Å². The third kappa shape index (κ3) is 6.79. The number of nitrogens with one attached hydrogen (secondary N) is 1. The van der Waals surface area contributed by atoms with Crippen LogP contribution in [0.2, 0.25) is 0 Å². The fraction of sp³-hybridized carbons (Fsp3) is 0.500. The molecule has 35 heavy (non-hydrogen) atoms. The van der Waals surface area contributed by atoms with E-state index >= 15 is 0 Å². The van der Waals surface area contributed by atoms with Crippen molar-refractivity contribution in [1.29, 1.82) is 0 Å². The topological polar surface area (TPSA) is 78.8 Å². The maximum absolute atomic E-state index is 13.8. The van der Waals surface area contributed by atoms with Crippen LogP contribution in [0.15, 0.2) is 46.4 Å². The van der Waals surface area contributed by atoms with Gasteiger partial charge in [0.25, 0.3) is 5.91 Å². The van der Waals surface area contributed by atoms with E-state index in [1.54, 1.807) is 6.21 Å². The monoisotopic (exact) mass is 497 g/mol. The number of hydrazone groups is 1. The van der Waals surface area contributed by atoms with Crippen molar-refractivity contribution in [2.45, 2.75) is 90.0 Å². The number of hydrogen-bond donors (Lipinski definition) is 1. The van der Waals surface area contributed by atoms with E-state index in [1.165, 1.54) is 9.87 Å². The fourth-order valence-electron chi connectivity index (χ4n) is 4.90. The van der Waals surface area contributed by atoms with Crippen LogP contribution in [0, 0.1) is 20.8 Å². The summed E-state index contributed by atoms with van der Waals surface area (Å²) in [4.78, 5) is 13.2. The zero-order valence-electron chi connectivity index (χ0n) is 21.9. The van der Waals surface area contributed by atoms with Gasteiger partial charge in [-0.15, -0.1) is 0 Å². The molecule has 6 nitrogen and oxygen atoms in total. The van der Waals surface area contributed by atoms with Crippen LogP contribution in [0.5, 0.6) is 0 Å². The Labute approximate surface area is 210 Å². The number of carbonyl (C=O) groups excluding carboxylic acids is 1. The Morgan fingerprint density at radius 1 is 1.03 bits per heavy atom. The van der Waals surface area contributed by atoms with Crippen molar-refractivity contribution in [2.75, 3.05) is 6.54 Å². The highest BCUT2D eigenvalue weighted by molar-refractivity contribution is 7.89. The van der Waals surface area contributed by atoms with Crippen LogP contribution in [0.1, 0.15) is 80.7 Å². The summed E-state index contributed by atoms with van der Waals surface area (Å²) in [7, 11) is -3.85. The molecule has 0 bridgehead atoms. The Kier molecular flexibility index (Phi) is 8.54. The van der Waals surface area contributed by atoms with Crippen LogP contribution in [-0.2, 0) is 20.2 Å². The first-order valence-electron chi connectivity index (χ1n) is 12.4. The molecule has 1 aliphatic carbocycles. The van der Waals surface area contributed by atoms with E-state index in [1.807, 2.05) is 57.2 Å². The molecule has 1 fully saturated rings. The van der Waals surface area contributed by atoms with Crippen LogP contribution >= 0.6 is 0 Å². The number of rotatable bonds is 7. The van der Waals surface area contributed by atoms with Gasteiger partial charge in [-0.2, -0.15) is 9.41 Å². The lowest BCUT2D eigenvalue weighted by Gasteiger charge is -2.33. The molecule has 0 atom stereocenters. The normalized spacial score (nSPS) is 15.6. The van der Waals surface area contributed by atoms with Crippen LogP contribution in [0.25, 0.3) is 0 Å². The molecule has 0 unspecified atom stereocenters. The molecule has 0 aromatic heterocycles. The predicted octanol–water partition coefficient (Wildman–Crippen LogP) is 5.38. The third-order valence-electron chi connectivity index (χ3n) is 6.63. The lowest BCUT2D eigenvalue weighted by molar-refractivity contribution is -0.121. The maximum atomic E-state index is 13.8. The summed E-state index contributed by atoms with van der Waals surface area (Å²) < 4.78 is 29.1. The summed E-state index contributed by atoms with van der Waals surface area (Å²) in [5, 5.41) is 4.09. The Balaban J connectivity index is 1.78. The molecule has 2 aromatic carbocycles.